The molecule has 8 heteroatoms. The lowest BCUT2D eigenvalue weighted by Gasteiger charge is -2.53. The van der Waals surface area contributed by atoms with E-state index in [4.69, 9.17) is 9.47 Å². The molecule has 0 saturated carbocycles. The van der Waals surface area contributed by atoms with Gasteiger partial charge in [-0.2, -0.15) is 0 Å². The van der Waals surface area contributed by atoms with Crippen molar-refractivity contribution in [2.24, 2.45) is 5.92 Å². The van der Waals surface area contributed by atoms with Gasteiger partial charge in [0.25, 0.3) is 0 Å². The predicted molar refractivity (Wildman–Crippen MR) is 166 cm³/mol. The molecule has 4 fully saturated rings. The summed E-state index contributed by atoms with van der Waals surface area (Å²) in [6, 6.07) is 0.742. The summed E-state index contributed by atoms with van der Waals surface area (Å²) in [6.45, 7) is 35.4. The van der Waals surface area contributed by atoms with E-state index >= 15 is 0 Å². The van der Waals surface area contributed by atoms with Crippen molar-refractivity contribution in [2.45, 2.75) is 84.1 Å². The van der Waals surface area contributed by atoms with E-state index in [0.29, 0.717) is 0 Å². The van der Waals surface area contributed by atoms with Gasteiger partial charge < -0.3 is 29.1 Å². The van der Waals surface area contributed by atoms with Gasteiger partial charge in [0.1, 0.15) is 0 Å². The molecule has 4 aliphatic rings. The van der Waals surface area contributed by atoms with Gasteiger partial charge in [0.15, 0.2) is 0 Å². The Labute approximate surface area is 247 Å². The van der Waals surface area contributed by atoms with E-state index in [0.717, 1.165) is 51.4 Å². The van der Waals surface area contributed by atoms with Crippen molar-refractivity contribution >= 4 is 0 Å². The molecule has 4 saturated heterocycles. The van der Waals surface area contributed by atoms with Crippen LogP contribution in [0.1, 0.15) is 61.3 Å². The Bertz CT molecular complexity index is 741. The third kappa shape index (κ3) is 9.09. The maximum Gasteiger partial charge on any atom is 0.0804 e. The smallest absolute Gasteiger partial charge is 0.0804 e. The Balaban J connectivity index is 1.10. The van der Waals surface area contributed by atoms with Gasteiger partial charge >= 0.3 is 0 Å². The number of piperazine rings is 2. The van der Waals surface area contributed by atoms with E-state index < -0.39 is 0 Å². The number of hydrogen-bond acceptors (Lipinski definition) is 8. The standard InChI is InChI=1S/C32H64N6O2/c1-30(2,3)39-23-21-34-11-9-29(10-12-34)37-17-19-38(20-18-37)31(4,5)32(6,7)40-24-22-36-26-28(27-36)25-35-15-13-33(8)14-16-35/h28-29H,9-27H2,1-8H3. The van der Waals surface area contributed by atoms with E-state index in [1.165, 1.54) is 84.8 Å². The van der Waals surface area contributed by atoms with Crippen LogP contribution < -0.4 is 0 Å². The Morgan fingerprint density at radius 3 is 1.80 bits per heavy atom. The van der Waals surface area contributed by atoms with Crippen LogP contribution in [0.5, 0.6) is 0 Å². The summed E-state index contributed by atoms with van der Waals surface area (Å²) in [5.74, 6) is 0.846. The van der Waals surface area contributed by atoms with Gasteiger partial charge in [0.2, 0.25) is 0 Å². The molecule has 4 rings (SSSR count). The minimum Gasteiger partial charge on any atom is -0.375 e. The van der Waals surface area contributed by atoms with Crippen LogP contribution in [0.4, 0.5) is 0 Å². The Hall–Kier alpha value is -0.320. The molecule has 4 heterocycles. The van der Waals surface area contributed by atoms with Crippen molar-refractivity contribution in [3.8, 4) is 0 Å². The summed E-state index contributed by atoms with van der Waals surface area (Å²) in [6.07, 6.45) is 2.58. The summed E-state index contributed by atoms with van der Waals surface area (Å²) in [4.78, 5) is 15.8. The number of likely N-dealkylation sites (N-methyl/N-ethyl adjacent to an activating group) is 1. The van der Waals surface area contributed by atoms with Gasteiger partial charge in [0.05, 0.1) is 24.4 Å². The number of ether oxygens (including phenoxy) is 2. The second-order valence-corrected chi connectivity index (χ2v) is 15.2. The van der Waals surface area contributed by atoms with E-state index in [2.05, 4.69) is 84.9 Å². The summed E-state index contributed by atoms with van der Waals surface area (Å²) >= 11 is 0. The maximum atomic E-state index is 6.63. The Morgan fingerprint density at radius 2 is 1.20 bits per heavy atom. The highest BCUT2D eigenvalue weighted by atomic mass is 16.5. The summed E-state index contributed by atoms with van der Waals surface area (Å²) < 4.78 is 12.6. The van der Waals surface area contributed by atoms with Crippen LogP contribution in [0.15, 0.2) is 0 Å². The van der Waals surface area contributed by atoms with Crippen LogP contribution in [-0.4, -0.2) is 171 Å². The molecule has 4 aliphatic heterocycles. The van der Waals surface area contributed by atoms with Gasteiger partial charge in [-0.3, -0.25) is 9.80 Å². The van der Waals surface area contributed by atoms with Crippen LogP contribution in [-0.2, 0) is 9.47 Å². The molecular weight excluding hydrogens is 500 g/mol. The highest BCUT2D eigenvalue weighted by Gasteiger charge is 2.44. The van der Waals surface area contributed by atoms with Crippen molar-refractivity contribution in [2.75, 3.05) is 118 Å². The zero-order valence-corrected chi connectivity index (χ0v) is 27.6. The predicted octanol–water partition coefficient (Wildman–Crippen LogP) is 2.64. The Morgan fingerprint density at radius 1 is 0.625 bits per heavy atom. The zero-order chi connectivity index (χ0) is 29.0. The molecule has 40 heavy (non-hydrogen) atoms. The first-order chi connectivity index (χ1) is 18.8. The van der Waals surface area contributed by atoms with Crippen molar-refractivity contribution in [3.63, 3.8) is 0 Å². The first-order valence-corrected chi connectivity index (χ1v) is 16.4. The number of rotatable bonds is 12. The fourth-order valence-electron chi connectivity index (χ4n) is 6.99. The lowest BCUT2D eigenvalue weighted by atomic mass is 9.83. The van der Waals surface area contributed by atoms with Gasteiger partial charge in [-0.05, 0) is 87.4 Å². The topological polar surface area (TPSA) is 37.9 Å². The molecule has 0 bridgehead atoms. The third-order valence-electron chi connectivity index (χ3n) is 10.6. The average molecular weight is 565 g/mol. The van der Waals surface area contributed by atoms with Crippen molar-refractivity contribution in [1.29, 1.82) is 0 Å². The van der Waals surface area contributed by atoms with Gasteiger partial charge in [0, 0.05) is 96.7 Å². The summed E-state index contributed by atoms with van der Waals surface area (Å²) in [7, 11) is 2.24. The number of nitrogens with zero attached hydrogens (tertiary/aromatic N) is 6. The number of piperidine rings is 1. The molecule has 0 aliphatic carbocycles. The van der Waals surface area contributed by atoms with Gasteiger partial charge in [-0.25, -0.2) is 0 Å². The van der Waals surface area contributed by atoms with Crippen molar-refractivity contribution in [1.82, 2.24) is 29.4 Å². The second kappa shape index (κ2) is 14.0. The van der Waals surface area contributed by atoms with E-state index in [1.807, 2.05) is 0 Å². The van der Waals surface area contributed by atoms with E-state index in [1.54, 1.807) is 0 Å². The molecule has 0 aromatic heterocycles. The van der Waals surface area contributed by atoms with E-state index in [9.17, 15) is 0 Å². The normalized spacial score (nSPS) is 25.5. The second-order valence-electron chi connectivity index (χ2n) is 15.2. The van der Waals surface area contributed by atoms with Crippen LogP contribution in [0.3, 0.4) is 0 Å². The number of likely N-dealkylation sites (tertiary alicyclic amines) is 2. The van der Waals surface area contributed by atoms with Crippen LogP contribution in [0.25, 0.3) is 0 Å². The highest BCUT2D eigenvalue weighted by Crippen LogP contribution is 2.33. The fraction of sp³-hybridized carbons (Fsp3) is 1.00. The minimum absolute atomic E-state index is 0.00835. The summed E-state index contributed by atoms with van der Waals surface area (Å²) in [5, 5.41) is 0. The number of hydrogen-bond donors (Lipinski definition) is 0. The molecule has 0 aromatic rings. The first kappa shape index (κ1) is 32.6. The van der Waals surface area contributed by atoms with Crippen LogP contribution >= 0.6 is 0 Å². The van der Waals surface area contributed by atoms with Gasteiger partial charge in [-0.15, -0.1) is 0 Å². The lowest BCUT2D eigenvalue weighted by Crippen LogP contribution is -2.65. The maximum absolute atomic E-state index is 6.63. The lowest BCUT2D eigenvalue weighted by molar-refractivity contribution is -0.135. The fourth-order valence-corrected chi connectivity index (χ4v) is 6.99. The molecule has 0 N–H and O–H groups in total. The molecule has 0 unspecified atom stereocenters. The first-order valence-electron chi connectivity index (χ1n) is 16.4. The molecule has 0 aromatic carbocycles. The molecule has 0 radical (unpaired) electrons. The van der Waals surface area contributed by atoms with Crippen LogP contribution in [0.2, 0.25) is 0 Å². The minimum atomic E-state index is -0.181. The monoisotopic (exact) mass is 565 g/mol. The van der Waals surface area contributed by atoms with Crippen molar-refractivity contribution in [3.05, 3.63) is 0 Å². The molecule has 8 nitrogen and oxygen atoms in total. The zero-order valence-electron chi connectivity index (χ0n) is 27.6. The van der Waals surface area contributed by atoms with Crippen molar-refractivity contribution < 1.29 is 9.47 Å². The molecule has 0 amide bonds. The van der Waals surface area contributed by atoms with E-state index in [-0.39, 0.29) is 16.7 Å². The molecule has 0 spiro atoms. The summed E-state index contributed by atoms with van der Waals surface area (Å²) in [5.41, 5.74) is -0.206. The quantitative estimate of drug-likeness (QED) is 0.358. The highest BCUT2D eigenvalue weighted by molar-refractivity contribution is 4.99. The Kier molecular flexibility index (Phi) is 11.4. The largest absolute Gasteiger partial charge is 0.375 e. The molecule has 234 valence electrons. The molecular formula is C32H64N6O2. The SMILES string of the molecule is CN1CCN(CC2CN(CCOC(C)(C)C(C)(C)N3CCN(C4CCN(CCOC(C)(C)C)CC4)CC3)C2)CC1. The van der Waals surface area contributed by atoms with Gasteiger partial charge in [-0.1, -0.05) is 0 Å². The average Bonchev–Trinajstić information content (AvgIpc) is 2.88. The molecule has 0 atom stereocenters. The van der Waals surface area contributed by atoms with Crippen LogP contribution in [0, 0.1) is 5.92 Å². The third-order valence-corrected chi connectivity index (χ3v) is 10.6.